The zero-order valence-electron chi connectivity index (χ0n) is 35.3. The van der Waals surface area contributed by atoms with E-state index in [9.17, 15) is 15.3 Å². The summed E-state index contributed by atoms with van der Waals surface area (Å²) in [5.74, 6) is 2.79. The monoisotopic (exact) mass is 786 g/mol. The summed E-state index contributed by atoms with van der Waals surface area (Å²) >= 11 is 0. The van der Waals surface area contributed by atoms with Gasteiger partial charge in [0, 0.05) is 18.6 Å². The van der Waals surface area contributed by atoms with E-state index in [2.05, 4.69) is 67.5 Å². The van der Waals surface area contributed by atoms with E-state index < -0.39 is 18.3 Å². The number of aliphatic hydroxyl groups is 3. The molecule has 9 heteroatoms. The highest BCUT2D eigenvalue weighted by Crippen LogP contribution is 2.33. The van der Waals surface area contributed by atoms with Gasteiger partial charge in [-0.25, -0.2) is 0 Å². The molecule has 4 rings (SSSR count). The Bertz CT molecular complexity index is 1710. The highest BCUT2D eigenvalue weighted by Gasteiger charge is 2.23. The molecule has 4 aromatic rings. The van der Waals surface area contributed by atoms with Gasteiger partial charge in [-0.05, 0) is 94.5 Å². The molecule has 0 aliphatic carbocycles. The van der Waals surface area contributed by atoms with Gasteiger partial charge < -0.3 is 43.7 Å². The zero-order chi connectivity index (χ0) is 41.5. The number of benzene rings is 4. The van der Waals surface area contributed by atoms with E-state index >= 15 is 0 Å². The first-order valence-corrected chi connectivity index (χ1v) is 20.1. The van der Waals surface area contributed by atoms with Crippen LogP contribution in [-0.2, 0) is 25.7 Å². The summed E-state index contributed by atoms with van der Waals surface area (Å²) in [6, 6.07) is 31.7. The van der Waals surface area contributed by atoms with Gasteiger partial charge in [0.15, 0.2) is 0 Å². The molecule has 3 atom stereocenters. The van der Waals surface area contributed by atoms with Crippen LogP contribution in [0.15, 0.2) is 97.1 Å². The van der Waals surface area contributed by atoms with Gasteiger partial charge in [0.2, 0.25) is 0 Å². The van der Waals surface area contributed by atoms with Gasteiger partial charge in [-0.3, -0.25) is 0 Å². The number of aliphatic hydroxyl groups excluding tert-OH is 3. The third kappa shape index (κ3) is 15.6. The second-order valence-electron chi connectivity index (χ2n) is 17.3. The fourth-order valence-electron chi connectivity index (χ4n) is 5.97. The summed E-state index contributed by atoms with van der Waals surface area (Å²) in [7, 11) is 0. The fourth-order valence-corrected chi connectivity index (χ4v) is 5.97. The molecule has 312 valence electrons. The number of unbranched alkanes of at least 4 members (excludes halogenated alkanes) is 1. The number of ether oxygens (including phenoxy) is 6. The van der Waals surface area contributed by atoms with Crippen LogP contribution in [0, 0.1) is 0 Å². The lowest BCUT2D eigenvalue weighted by molar-refractivity contribution is 0.000263. The van der Waals surface area contributed by atoms with Gasteiger partial charge in [0.1, 0.15) is 67.7 Å². The van der Waals surface area contributed by atoms with Crippen LogP contribution in [0.5, 0.6) is 23.0 Å². The molecular weight excluding hydrogens is 721 g/mol. The topological polar surface area (TPSA) is 116 Å². The molecule has 0 aromatic heterocycles. The van der Waals surface area contributed by atoms with Crippen LogP contribution in [0.25, 0.3) is 0 Å². The van der Waals surface area contributed by atoms with E-state index in [0.29, 0.717) is 24.7 Å². The van der Waals surface area contributed by atoms with Crippen molar-refractivity contribution in [2.45, 2.75) is 103 Å². The van der Waals surface area contributed by atoms with Gasteiger partial charge >= 0.3 is 0 Å². The molecule has 0 saturated heterocycles. The summed E-state index contributed by atoms with van der Waals surface area (Å²) in [4.78, 5) is 0. The highest BCUT2D eigenvalue weighted by atomic mass is 16.5. The average molecular weight is 787 g/mol. The van der Waals surface area contributed by atoms with E-state index in [4.69, 9.17) is 28.4 Å². The SMILES string of the molecule is CC(C)(C)c1ccc(OCC(O)COCCCCOCC(O)COc2ccc(C(C)(C)c3ccc(OCC(O)COc4ccc(C(C)(C)C)cc4)cc3)cc2)cc1. The predicted molar refractivity (Wildman–Crippen MR) is 226 cm³/mol. The summed E-state index contributed by atoms with van der Waals surface area (Å²) in [6.07, 6.45) is -0.666. The largest absolute Gasteiger partial charge is 0.491 e. The minimum absolute atomic E-state index is 0.0741. The van der Waals surface area contributed by atoms with Crippen LogP contribution in [0.2, 0.25) is 0 Å². The van der Waals surface area contributed by atoms with E-state index in [1.807, 2.05) is 84.9 Å². The molecule has 57 heavy (non-hydrogen) atoms. The third-order valence-corrected chi connectivity index (χ3v) is 9.81. The lowest BCUT2D eigenvalue weighted by Crippen LogP contribution is -2.25. The van der Waals surface area contributed by atoms with Crippen LogP contribution < -0.4 is 18.9 Å². The van der Waals surface area contributed by atoms with Crippen molar-refractivity contribution < 1.29 is 43.7 Å². The average Bonchev–Trinajstić information content (AvgIpc) is 3.18. The van der Waals surface area contributed by atoms with Gasteiger partial charge in [0.05, 0.1) is 13.2 Å². The van der Waals surface area contributed by atoms with Crippen molar-refractivity contribution in [1.82, 2.24) is 0 Å². The molecule has 3 N–H and O–H groups in total. The van der Waals surface area contributed by atoms with Crippen LogP contribution in [0.4, 0.5) is 0 Å². The Labute approximate surface area is 340 Å². The van der Waals surface area contributed by atoms with E-state index in [-0.39, 0.29) is 55.9 Å². The van der Waals surface area contributed by atoms with Gasteiger partial charge in [0.25, 0.3) is 0 Å². The predicted octanol–water partition coefficient (Wildman–Crippen LogP) is 8.42. The highest BCUT2D eigenvalue weighted by molar-refractivity contribution is 5.42. The second kappa shape index (κ2) is 21.6. The molecule has 9 nitrogen and oxygen atoms in total. The van der Waals surface area contributed by atoms with Gasteiger partial charge in [-0.1, -0.05) is 104 Å². The van der Waals surface area contributed by atoms with Crippen LogP contribution >= 0.6 is 0 Å². The van der Waals surface area contributed by atoms with E-state index in [1.54, 1.807) is 0 Å². The minimum Gasteiger partial charge on any atom is -0.491 e. The molecule has 0 amide bonds. The molecule has 0 radical (unpaired) electrons. The number of rotatable bonds is 23. The molecule has 0 heterocycles. The molecule has 0 aliphatic heterocycles. The Morgan fingerprint density at radius 2 is 0.614 bits per heavy atom. The molecule has 0 saturated carbocycles. The van der Waals surface area contributed by atoms with Crippen LogP contribution in [-0.4, -0.2) is 86.5 Å². The van der Waals surface area contributed by atoms with Crippen molar-refractivity contribution >= 4 is 0 Å². The first-order chi connectivity index (χ1) is 27.0. The van der Waals surface area contributed by atoms with Crippen LogP contribution in [0.3, 0.4) is 0 Å². The Morgan fingerprint density at radius 1 is 0.368 bits per heavy atom. The minimum atomic E-state index is -0.767. The van der Waals surface area contributed by atoms with Crippen molar-refractivity contribution in [3.05, 3.63) is 119 Å². The van der Waals surface area contributed by atoms with Crippen molar-refractivity contribution in [2.75, 3.05) is 52.9 Å². The molecule has 3 unspecified atom stereocenters. The van der Waals surface area contributed by atoms with E-state index in [0.717, 1.165) is 35.5 Å². The van der Waals surface area contributed by atoms with Gasteiger partial charge in [-0.2, -0.15) is 0 Å². The Morgan fingerprint density at radius 3 is 0.877 bits per heavy atom. The second-order valence-corrected chi connectivity index (χ2v) is 17.3. The zero-order valence-corrected chi connectivity index (χ0v) is 35.3. The van der Waals surface area contributed by atoms with Crippen molar-refractivity contribution in [3.8, 4) is 23.0 Å². The summed E-state index contributed by atoms with van der Waals surface area (Å²) in [5, 5.41) is 31.0. The van der Waals surface area contributed by atoms with Crippen molar-refractivity contribution in [3.63, 3.8) is 0 Å². The maximum Gasteiger partial charge on any atom is 0.122 e. The molecule has 0 spiro atoms. The van der Waals surface area contributed by atoms with Gasteiger partial charge in [-0.15, -0.1) is 0 Å². The molecule has 0 fully saturated rings. The van der Waals surface area contributed by atoms with Crippen molar-refractivity contribution in [1.29, 1.82) is 0 Å². The number of hydrogen-bond acceptors (Lipinski definition) is 9. The maximum absolute atomic E-state index is 10.4. The quantitative estimate of drug-likeness (QED) is 0.0638. The smallest absolute Gasteiger partial charge is 0.122 e. The lowest BCUT2D eigenvalue weighted by Gasteiger charge is -2.26. The Hall–Kier alpha value is -4.12. The summed E-state index contributed by atoms with van der Waals surface area (Å²) in [6.45, 7) is 19.3. The lowest BCUT2D eigenvalue weighted by atomic mass is 9.78. The molecule has 0 aliphatic rings. The summed E-state index contributed by atoms with van der Waals surface area (Å²) < 4.78 is 34.4. The third-order valence-electron chi connectivity index (χ3n) is 9.81. The van der Waals surface area contributed by atoms with Crippen molar-refractivity contribution in [2.24, 2.45) is 0 Å². The normalized spacial score (nSPS) is 13.8. The van der Waals surface area contributed by atoms with E-state index in [1.165, 1.54) is 11.1 Å². The standard InChI is InChI=1S/C48H66O9/c1-46(2,3)35-11-19-42(20-12-35)54-31-39(49)29-52-27-9-10-28-53-30-40(50)32-55-44-23-15-37(16-24-44)48(7,8)38-17-25-45(26-18-38)57-34-41(51)33-56-43-21-13-36(14-22-43)47(4,5)6/h11-26,39-41,49-51H,9-10,27-34H2,1-8H3. The fraction of sp³-hybridized carbons (Fsp3) is 0.500. The molecule has 0 bridgehead atoms. The summed E-state index contributed by atoms with van der Waals surface area (Å²) in [5.41, 5.74) is 4.57. The Balaban J connectivity index is 1.05. The number of hydrogen-bond donors (Lipinski definition) is 3. The molecule has 4 aromatic carbocycles. The Kier molecular flexibility index (Phi) is 17.3. The maximum atomic E-state index is 10.4. The van der Waals surface area contributed by atoms with Crippen LogP contribution in [0.1, 0.15) is 90.5 Å². The first-order valence-electron chi connectivity index (χ1n) is 20.1. The molecular formula is C48H66O9. The first kappa shape index (κ1) is 45.6.